The van der Waals surface area contributed by atoms with E-state index in [0.29, 0.717) is 6.41 Å². The Hall–Kier alpha value is -2.10. The SMILES string of the molecule is Cc1ccn(-c2ccccc2NC=O)n1. The summed E-state index contributed by atoms with van der Waals surface area (Å²) in [7, 11) is 0. The zero-order valence-corrected chi connectivity index (χ0v) is 8.34. The number of aromatic nitrogens is 2. The second-order valence-corrected chi connectivity index (χ2v) is 3.18. The number of carbonyl (C=O) groups excluding carboxylic acids is 1. The Morgan fingerprint density at radius 3 is 2.80 bits per heavy atom. The highest BCUT2D eigenvalue weighted by Crippen LogP contribution is 2.18. The van der Waals surface area contributed by atoms with Crippen LogP contribution in [0.1, 0.15) is 5.69 Å². The molecule has 4 nitrogen and oxygen atoms in total. The van der Waals surface area contributed by atoms with Crippen LogP contribution >= 0.6 is 0 Å². The fraction of sp³-hybridized carbons (Fsp3) is 0.0909. The van der Waals surface area contributed by atoms with Gasteiger partial charge in [-0.05, 0) is 25.1 Å². The predicted molar refractivity (Wildman–Crippen MR) is 58.0 cm³/mol. The lowest BCUT2D eigenvalue weighted by atomic mass is 10.2. The summed E-state index contributed by atoms with van der Waals surface area (Å²) in [6, 6.07) is 9.42. The number of hydrogen-bond donors (Lipinski definition) is 1. The van der Waals surface area contributed by atoms with Gasteiger partial charge in [-0.2, -0.15) is 5.10 Å². The summed E-state index contributed by atoms with van der Waals surface area (Å²) in [5.74, 6) is 0. The number of carbonyl (C=O) groups is 1. The molecule has 0 aliphatic carbocycles. The molecule has 1 aromatic carbocycles. The van der Waals surface area contributed by atoms with Crippen LogP contribution in [-0.2, 0) is 4.79 Å². The van der Waals surface area contributed by atoms with Gasteiger partial charge < -0.3 is 5.32 Å². The number of para-hydroxylation sites is 2. The number of hydrogen-bond acceptors (Lipinski definition) is 2. The highest BCUT2D eigenvalue weighted by Gasteiger charge is 2.03. The fourth-order valence-corrected chi connectivity index (χ4v) is 1.41. The summed E-state index contributed by atoms with van der Waals surface area (Å²) < 4.78 is 1.74. The Bertz CT molecular complexity index is 476. The molecule has 1 heterocycles. The molecule has 1 aromatic heterocycles. The van der Waals surface area contributed by atoms with Crippen LogP contribution in [0.15, 0.2) is 36.5 Å². The quantitative estimate of drug-likeness (QED) is 0.769. The summed E-state index contributed by atoms with van der Waals surface area (Å²) in [4.78, 5) is 10.4. The van der Waals surface area contributed by atoms with Crippen molar-refractivity contribution in [2.24, 2.45) is 0 Å². The maximum Gasteiger partial charge on any atom is 0.211 e. The zero-order chi connectivity index (χ0) is 10.7. The molecule has 1 amide bonds. The normalized spacial score (nSPS) is 9.93. The molecule has 0 spiro atoms. The number of amides is 1. The van der Waals surface area contributed by atoms with Crippen molar-refractivity contribution in [3.63, 3.8) is 0 Å². The Labute approximate surface area is 87.5 Å². The molecule has 0 aliphatic heterocycles. The van der Waals surface area contributed by atoms with Gasteiger partial charge in [-0.1, -0.05) is 12.1 Å². The van der Waals surface area contributed by atoms with Gasteiger partial charge in [-0.15, -0.1) is 0 Å². The Balaban J connectivity index is 2.47. The molecule has 0 saturated heterocycles. The van der Waals surface area contributed by atoms with Crippen molar-refractivity contribution in [1.29, 1.82) is 0 Å². The summed E-state index contributed by atoms with van der Waals surface area (Å²) in [6.45, 7) is 1.92. The molecule has 0 aliphatic rings. The summed E-state index contributed by atoms with van der Waals surface area (Å²) in [5, 5.41) is 6.93. The van der Waals surface area contributed by atoms with Gasteiger partial charge in [0.25, 0.3) is 0 Å². The highest BCUT2D eigenvalue weighted by molar-refractivity contribution is 5.76. The van der Waals surface area contributed by atoms with E-state index in [0.717, 1.165) is 17.1 Å². The van der Waals surface area contributed by atoms with Crippen molar-refractivity contribution < 1.29 is 4.79 Å². The topological polar surface area (TPSA) is 46.9 Å². The first kappa shape index (κ1) is 9.45. The number of benzene rings is 1. The third kappa shape index (κ3) is 1.88. The first-order valence-electron chi connectivity index (χ1n) is 4.63. The fourth-order valence-electron chi connectivity index (χ4n) is 1.41. The average Bonchev–Trinajstić information content (AvgIpc) is 2.66. The molecule has 2 aromatic rings. The minimum Gasteiger partial charge on any atom is -0.327 e. The third-order valence-corrected chi connectivity index (χ3v) is 2.09. The number of rotatable bonds is 3. The molecule has 76 valence electrons. The molecule has 0 radical (unpaired) electrons. The molecule has 0 unspecified atom stereocenters. The van der Waals surface area contributed by atoms with Crippen LogP contribution in [0.3, 0.4) is 0 Å². The van der Waals surface area contributed by atoms with Crippen molar-refractivity contribution in [1.82, 2.24) is 9.78 Å². The second kappa shape index (κ2) is 3.96. The van der Waals surface area contributed by atoms with Crippen molar-refractivity contribution in [2.45, 2.75) is 6.92 Å². The standard InChI is InChI=1S/C11H11N3O/c1-9-6-7-14(13-9)11-5-3-2-4-10(11)12-8-15/h2-8H,1H3,(H,12,15). The molecular formula is C11H11N3O. The van der Waals surface area contributed by atoms with Crippen molar-refractivity contribution in [3.05, 3.63) is 42.2 Å². The monoisotopic (exact) mass is 201 g/mol. The second-order valence-electron chi connectivity index (χ2n) is 3.18. The maximum absolute atomic E-state index is 10.4. The summed E-state index contributed by atoms with van der Waals surface area (Å²) in [5.41, 5.74) is 2.55. The van der Waals surface area contributed by atoms with E-state index in [1.54, 1.807) is 4.68 Å². The van der Waals surface area contributed by atoms with Gasteiger partial charge in [-0.3, -0.25) is 4.79 Å². The lowest BCUT2D eigenvalue weighted by molar-refractivity contribution is -0.105. The number of nitrogens with zero attached hydrogens (tertiary/aromatic N) is 2. The smallest absolute Gasteiger partial charge is 0.211 e. The van der Waals surface area contributed by atoms with Crippen molar-refractivity contribution in [2.75, 3.05) is 5.32 Å². The Morgan fingerprint density at radius 2 is 2.13 bits per heavy atom. The largest absolute Gasteiger partial charge is 0.327 e. The van der Waals surface area contributed by atoms with Gasteiger partial charge in [0.1, 0.15) is 0 Å². The van der Waals surface area contributed by atoms with Crippen molar-refractivity contribution >= 4 is 12.1 Å². The van der Waals surface area contributed by atoms with Crippen LogP contribution in [0, 0.1) is 6.92 Å². The van der Waals surface area contributed by atoms with E-state index < -0.39 is 0 Å². The van der Waals surface area contributed by atoms with Crippen LogP contribution in [0.4, 0.5) is 5.69 Å². The Kier molecular flexibility index (Phi) is 2.49. The molecular weight excluding hydrogens is 190 g/mol. The molecule has 1 N–H and O–H groups in total. The van der Waals surface area contributed by atoms with Crippen LogP contribution < -0.4 is 5.32 Å². The number of aryl methyl sites for hydroxylation is 1. The van der Waals surface area contributed by atoms with Crippen LogP contribution in [0.2, 0.25) is 0 Å². The van der Waals surface area contributed by atoms with E-state index in [-0.39, 0.29) is 0 Å². The zero-order valence-electron chi connectivity index (χ0n) is 8.34. The Morgan fingerprint density at radius 1 is 1.33 bits per heavy atom. The lowest BCUT2D eigenvalue weighted by Crippen LogP contribution is -2.02. The van der Waals surface area contributed by atoms with E-state index in [9.17, 15) is 4.79 Å². The molecule has 0 fully saturated rings. The van der Waals surface area contributed by atoms with Crippen LogP contribution in [-0.4, -0.2) is 16.2 Å². The molecule has 15 heavy (non-hydrogen) atoms. The number of nitrogens with one attached hydrogen (secondary N) is 1. The predicted octanol–water partition coefficient (Wildman–Crippen LogP) is 1.75. The third-order valence-electron chi connectivity index (χ3n) is 2.09. The molecule has 2 rings (SSSR count). The highest BCUT2D eigenvalue weighted by atomic mass is 16.1. The van der Waals surface area contributed by atoms with E-state index in [1.807, 2.05) is 43.5 Å². The first-order valence-corrected chi connectivity index (χ1v) is 4.63. The molecule has 4 heteroatoms. The average molecular weight is 201 g/mol. The van der Waals surface area contributed by atoms with E-state index in [1.165, 1.54) is 0 Å². The summed E-state index contributed by atoms with van der Waals surface area (Å²) in [6.07, 6.45) is 2.52. The van der Waals surface area contributed by atoms with Gasteiger partial charge >= 0.3 is 0 Å². The van der Waals surface area contributed by atoms with Gasteiger partial charge in [0, 0.05) is 6.20 Å². The van der Waals surface area contributed by atoms with Crippen LogP contribution in [0.5, 0.6) is 0 Å². The van der Waals surface area contributed by atoms with Gasteiger partial charge in [0.2, 0.25) is 6.41 Å². The van der Waals surface area contributed by atoms with E-state index >= 15 is 0 Å². The number of anilines is 1. The lowest BCUT2D eigenvalue weighted by Gasteiger charge is -2.07. The maximum atomic E-state index is 10.4. The van der Waals surface area contributed by atoms with E-state index in [4.69, 9.17) is 0 Å². The molecule has 0 saturated carbocycles. The first-order chi connectivity index (χ1) is 7.31. The van der Waals surface area contributed by atoms with Gasteiger partial charge in [0.05, 0.1) is 17.1 Å². The minimum atomic E-state index is 0.662. The minimum absolute atomic E-state index is 0.662. The van der Waals surface area contributed by atoms with Gasteiger partial charge in [0.15, 0.2) is 0 Å². The molecule has 0 atom stereocenters. The summed E-state index contributed by atoms with van der Waals surface area (Å²) >= 11 is 0. The van der Waals surface area contributed by atoms with Crippen molar-refractivity contribution in [3.8, 4) is 5.69 Å². The van der Waals surface area contributed by atoms with E-state index in [2.05, 4.69) is 10.4 Å². The van der Waals surface area contributed by atoms with Gasteiger partial charge in [-0.25, -0.2) is 4.68 Å². The molecule has 0 bridgehead atoms. The van der Waals surface area contributed by atoms with Crippen LogP contribution in [0.25, 0.3) is 5.69 Å².